The summed E-state index contributed by atoms with van der Waals surface area (Å²) in [6.45, 7) is 4.15. The van der Waals surface area contributed by atoms with Crippen LogP contribution in [0.5, 0.6) is 0 Å². The fraction of sp³-hybridized carbons (Fsp3) is 0.133. The molecule has 0 amide bonds. The van der Waals surface area contributed by atoms with Crippen molar-refractivity contribution >= 4 is 32.9 Å². The first-order chi connectivity index (χ1) is 9.09. The first kappa shape index (κ1) is 12.2. The maximum Gasteiger partial charge on any atom is 0.205 e. The lowest BCUT2D eigenvalue weighted by molar-refractivity contribution is 1.08. The quantitative estimate of drug-likeness (QED) is 0.738. The lowest BCUT2D eigenvalue weighted by atomic mass is 10.1. The summed E-state index contributed by atoms with van der Waals surface area (Å²) in [5.41, 5.74) is 11.5. The molecule has 2 aromatic carbocycles. The van der Waals surface area contributed by atoms with E-state index in [1.807, 2.05) is 28.8 Å². The maximum absolute atomic E-state index is 6.11. The molecule has 0 fully saturated rings. The highest BCUT2D eigenvalue weighted by Gasteiger charge is 2.14. The van der Waals surface area contributed by atoms with E-state index in [0.717, 1.165) is 26.8 Å². The van der Waals surface area contributed by atoms with Gasteiger partial charge in [-0.15, -0.1) is 0 Å². The van der Waals surface area contributed by atoms with Gasteiger partial charge in [-0.1, -0.05) is 34.1 Å². The first-order valence-corrected chi connectivity index (χ1v) is 6.88. The molecule has 3 aromatic rings. The molecule has 0 atom stereocenters. The molecule has 0 spiro atoms. The van der Waals surface area contributed by atoms with Gasteiger partial charge in [0.2, 0.25) is 5.95 Å². The lowest BCUT2D eigenvalue weighted by Gasteiger charge is -2.12. The van der Waals surface area contributed by atoms with Crippen molar-refractivity contribution in [1.82, 2.24) is 9.55 Å². The highest BCUT2D eigenvalue weighted by molar-refractivity contribution is 9.10. The van der Waals surface area contributed by atoms with Crippen molar-refractivity contribution in [3.63, 3.8) is 0 Å². The van der Waals surface area contributed by atoms with E-state index < -0.39 is 0 Å². The SMILES string of the molecule is Cc1c(Br)cccc1-n1c(N)nc2cccc(C)c21. The van der Waals surface area contributed by atoms with Crippen molar-refractivity contribution < 1.29 is 0 Å². The number of hydrogen-bond donors (Lipinski definition) is 1. The lowest BCUT2D eigenvalue weighted by Crippen LogP contribution is -2.03. The van der Waals surface area contributed by atoms with E-state index in [1.54, 1.807) is 0 Å². The number of nitrogens with two attached hydrogens (primary N) is 1. The minimum Gasteiger partial charge on any atom is -0.369 e. The van der Waals surface area contributed by atoms with Crippen molar-refractivity contribution in [2.75, 3.05) is 5.73 Å². The summed E-state index contributed by atoms with van der Waals surface area (Å²) in [6, 6.07) is 12.2. The zero-order valence-electron chi connectivity index (χ0n) is 10.8. The van der Waals surface area contributed by atoms with Crippen LogP contribution in [0, 0.1) is 13.8 Å². The van der Waals surface area contributed by atoms with Crippen LogP contribution in [-0.4, -0.2) is 9.55 Å². The van der Waals surface area contributed by atoms with E-state index in [0.29, 0.717) is 5.95 Å². The van der Waals surface area contributed by atoms with Gasteiger partial charge in [-0.25, -0.2) is 4.98 Å². The molecule has 0 bridgehead atoms. The Morgan fingerprint density at radius 2 is 1.84 bits per heavy atom. The predicted octanol–water partition coefficient (Wildman–Crippen LogP) is 3.99. The van der Waals surface area contributed by atoms with Gasteiger partial charge >= 0.3 is 0 Å². The third kappa shape index (κ3) is 1.83. The Morgan fingerprint density at radius 3 is 2.63 bits per heavy atom. The van der Waals surface area contributed by atoms with Crippen LogP contribution >= 0.6 is 15.9 Å². The van der Waals surface area contributed by atoms with Crippen LogP contribution in [0.15, 0.2) is 40.9 Å². The molecule has 0 aliphatic carbocycles. The largest absolute Gasteiger partial charge is 0.369 e. The first-order valence-electron chi connectivity index (χ1n) is 6.08. The van der Waals surface area contributed by atoms with Crippen molar-refractivity contribution in [2.24, 2.45) is 0 Å². The van der Waals surface area contributed by atoms with Crippen LogP contribution < -0.4 is 5.73 Å². The zero-order chi connectivity index (χ0) is 13.6. The smallest absolute Gasteiger partial charge is 0.205 e. The second kappa shape index (κ2) is 4.38. The molecule has 3 rings (SSSR count). The van der Waals surface area contributed by atoms with Gasteiger partial charge in [-0.3, -0.25) is 4.57 Å². The van der Waals surface area contributed by atoms with Crippen molar-refractivity contribution in [2.45, 2.75) is 13.8 Å². The fourth-order valence-corrected chi connectivity index (χ4v) is 2.75. The third-order valence-corrected chi connectivity index (χ3v) is 4.24. The summed E-state index contributed by atoms with van der Waals surface area (Å²) in [7, 11) is 0. The number of halogens is 1. The molecule has 0 aliphatic heterocycles. The number of anilines is 1. The Kier molecular flexibility index (Phi) is 2.82. The molecule has 96 valence electrons. The molecule has 0 saturated carbocycles. The van der Waals surface area contributed by atoms with Crippen LogP contribution in [-0.2, 0) is 0 Å². The van der Waals surface area contributed by atoms with Crippen LogP contribution in [0.1, 0.15) is 11.1 Å². The van der Waals surface area contributed by atoms with Crippen LogP contribution in [0.25, 0.3) is 16.7 Å². The molecule has 4 heteroatoms. The van der Waals surface area contributed by atoms with E-state index in [2.05, 4.69) is 46.9 Å². The predicted molar refractivity (Wildman–Crippen MR) is 82.7 cm³/mol. The van der Waals surface area contributed by atoms with Crippen molar-refractivity contribution in [3.05, 3.63) is 52.0 Å². The van der Waals surface area contributed by atoms with E-state index in [4.69, 9.17) is 5.73 Å². The average molecular weight is 316 g/mol. The van der Waals surface area contributed by atoms with Crippen LogP contribution in [0.2, 0.25) is 0 Å². The van der Waals surface area contributed by atoms with Gasteiger partial charge in [0.25, 0.3) is 0 Å². The number of aryl methyl sites for hydroxylation is 1. The van der Waals surface area contributed by atoms with Crippen LogP contribution in [0.3, 0.4) is 0 Å². The zero-order valence-corrected chi connectivity index (χ0v) is 12.4. The number of hydrogen-bond acceptors (Lipinski definition) is 2. The van der Waals surface area contributed by atoms with E-state index in [9.17, 15) is 0 Å². The maximum atomic E-state index is 6.11. The average Bonchev–Trinajstić information content (AvgIpc) is 2.71. The minimum absolute atomic E-state index is 0.519. The Balaban J connectivity index is 2.43. The summed E-state index contributed by atoms with van der Waals surface area (Å²) < 4.78 is 3.09. The molecule has 2 N–H and O–H groups in total. The van der Waals surface area contributed by atoms with Crippen LogP contribution in [0.4, 0.5) is 5.95 Å². The van der Waals surface area contributed by atoms with E-state index in [-0.39, 0.29) is 0 Å². The molecular weight excluding hydrogens is 302 g/mol. The summed E-state index contributed by atoms with van der Waals surface area (Å²) in [5, 5.41) is 0. The minimum atomic E-state index is 0.519. The van der Waals surface area contributed by atoms with Gasteiger partial charge in [0, 0.05) is 4.47 Å². The van der Waals surface area contributed by atoms with Gasteiger partial charge in [-0.2, -0.15) is 0 Å². The number of imidazole rings is 1. The third-order valence-electron chi connectivity index (χ3n) is 3.38. The Bertz CT molecular complexity index is 774. The number of benzene rings is 2. The number of rotatable bonds is 1. The van der Waals surface area contributed by atoms with Gasteiger partial charge in [0.05, 0.1) is 16.7 Å². The Morgan fingerprint density at radius 1 is 1.11 bits per heavy atom. The second-order valence-corrected chi connectivity index (χ2v) is 5.49. The van der Waals surface area contributed by atoms with E-state index >= 15 is 0 Å². The normalized spacial score (nSPS) is 11.1. The van der Waals surface area contributed by atoms with Gasteiger partial charge in [-0.05, 0) is 43.2 Å². The Labute approximate surface area is 120 Å². The van der Waals surface area contributed by atoms with Crippen molar-refractivity contribution in [1.29, 1.82) is 0 Å². The topological polar surface area (TPSA) is 43.8 Å². The summed E-state index contributed by atoms with van der Waals surface area (Å²) in [6.07, 6.45) is 0. The standard InChI is InChI=1S/C15H14BrN3/c1-9-5-3-7-12-14(9)19(15(17)18-12)13-8-4-6-11(16)10(13)2/h3-8H,1-2H3,(H2,17,18). The fourth-order valence-electron chi connectivity index (χ4n) is 2.39. The summed E-state index contributed by atoms with van der Waals surface area (Å²) >= 11 is 3.56. The number of fused-ring (bicyclic) bond motifs is 1. The molecule has 3 nitrogen and oxygen atoms in total. The van der Waals surface area contributed by atoms with Crippen molar-refractivity contribution in [3.8, 4) is 5.69 Å². The van der Waals surface area contributed by atoms with Gasteiger partial charge in [0.15, 0.2) is 0 Å². The summed E-state index contributed by atoms with van der Waals surface area (Å²) in [4.78, 5) is 4.45. The molecule has 0 radical (unpaired) electrons. The second-order valence-electron chi connectivity index (χ2n) is 4.63. The molecule has 0 saturated heterocycles. The number of para-hydroxylation sites is 1. The number of nitrogens with zero attached hydrogens (tertiary/aromatic N) is 2. The van der Waals surface area contributed by atoms with E-state index in [1.165, 1.54) is 5.56 Å². The summed E-state index contributed by atoms with van der Waals surface area (Å²) in [5.74, 6) is 0.519. The van der Waals surface area contributed by atoms with Gasteiger partial charge < -0.3 is 5.73 Å². The monoisotopic (exact) mass is 315 g/mol. The molecule has 0 unspecified atom stereocenters. The molecular formula is C15H14BrN3. The molecule has 1 aromatic heterocycles. The molecule has 0 aliphatic rings. The number of aromatic nitrogens is 2. The highest BCUT2D eigenvalue weighted by atomic mass is 79.9. The van der Waals surface area contributed by atoms with Gasteiger partial charge in [0.1, 0.15) is 0 Å². The number of nitrogen functional groups attached to an aromatic ring is 1. The Hall–Kier alpha value is -1.81. The molecule has 1 heterocycles. The highest BCUT2D eigenvalue weighted by Crippen LogP contribution is 2.30. The molecule has 19 heavy (non-hydrogen) atoms.